The fourth-order valence-corrected chi connectivity index (χ4v) is 1.39. The molecule has 2 aromatic heterocycles. The van der Waals surface area contributed by atoms with Crippen LogP contribution in [0.15, 0.2) is 24.8 Å². The Balaban J connectivity index is 2.38. The number of rotatable bonds is 3. The lowest BCUT2D eigenvalue weighted by Gasteiger charge is -2.05. The highest BCUT2D eigenvalue weighted by molar-refractivity contribution is 5.92. The van der Waals surface area contributed by atoms with E-state index in [1.54, 1.807) is 12.4 Å². The summed E-state index contributed by atoms with van der Waals surface area (Å²) in [7, 11) is 0. The Hall–Kier alpha value is -2.24. The topological polar surface area (TPSA) is 93.5 Å². The van der Waals surface area contributed by atoms with Crippen LogP contribution in [0.1, 0.15) is 18.4 Å². The summed E-state index contributed by atoms with van der Waals surface area (Å²) in [5.41, 5.74) is 5.68. The zero-order valence-corrected chi connectivity index (χ0v) is 8.88. The maximum absolute atomic E-state index is 7.22. The largest absolute Gasteiger partial charge is 0.382 e. The lowest BCUT2D eigenvalue weighted by molar-refractivity contribution is 0.859. The van der Waals surface area contributed by atoms with Gasteiger partial charge in [0, 0.05) is 18.8 Å². The van der Waals surface area contributed by atoms with Crippen LogP contribution in [0.3, 0.4) is 0 Å². The third-order valence-electron chi connectivity index (χ3n) is 2.19. The number of nitrogens with zero attached hydrogens (tertiary/aromatic N) is 4. The predicted octanol–water partition coefficient (Wildman–Crippen LogP) is 0.509. The molecule has 0 aromatic carbocycles. The lowest BCUT2D eigenvalue weighted by atomic mass is 10.4. The van der Waals surface area contributed by atoms with Crippen molar-refractivity contribution in [2.24, 2.45) is 5.73 Å². The van der Waals surface area contributed by atoms with Gasteiger partial charge in [-0.25, -0.2) is 15.0 Å². The van der Waals surface area contributed by atoms with Crippen molar-refractivity contribution < 1.29 is 0 Å². The van der Waals surface area contributed by atoms with E-state index in [1.807, 2.05) is 17.7 Å². The molecule has 0 aliphatic heterocycles. The van der Waals surface area contributed by atoms with Crippen LogP contribution in [0.2, 0.25) is 0 Å². The van der Waals surface area contributed by atoms with Gasteiger partial charge in [-0.15, -0.1) is 0 Å². The van der Waals surface area contributed by atoms with Crippen molar-refractivity contribution in [1.82, 2.24) is 19.5 Å². The van der Waals surface area contributed by atoms with Gasteiger partial charge in [0.25, 0.3) is 0 Å². The Bertz CT molecular complexity index is 498. The molecular formula is C10H12N6. The zero-order chi connectivity index (χ0) is 11.5. The average molecular weight is 216 g/mol. The third-order valence-corrected chi connectivity index (χ3v) is 2.19. The molecule has 0 fully saturated rings. The van der Waals surface area contributed by atoms with Crippen molar-refractivity contribution in [3.8, 4) is 5.82 Å². The van der Waals surface area contributed by atoms with Crippen molar-refractivity contribution >= 4 is 5.84 Å². The molecule has 3 N–H and O–H groups in total. The van der Waals surface area contributed by atoms with Crippen LogP contribution in [0.4, 0.5) is 0 Å². The second-order valence-electron chi connectivity index (χ2n) is 3.24. The van der Waals surface area contributed by atoms with Gasteiger partial charge < -0.3 is 5.73 Å². The number of aromatic nitrogens is 4. The summed E-state index contributed by atoms with van der Waals surface area (Å²) in [6, 6.07) is 0. The molecule has 0 spiro atoms. The first kappa shape index (κ1) is 10.3. The van der Waals surface area contributed by atoms with E-state index in [1.165, 1.54) is 6.20 Å². The van der Waals surface area contributed by atoms with Crippen LogP contribution < -0.4 is 5.73 Å². The summed E-state index contributed by atoms with van der Waals surface area (Å²) in [5, 5.41) is 7.22. The summed E-state index contributed by atoms with van der Waals surface area (Å²) >= 11 is 0. The molecule has 6 nitrogen and oxygen atoms in total. The summed E-state index contributed by atoms with van der Waals surface area (Å²) in [6.45, 7) is 2.02. The second kappa shape index (κ2) is 4.09. The maximum atomic E-state index is 7.22. The Morgan fingerprint density at radius 1 is 1.38 bits per heavy atom. The monoisotopic (exact) mass is 216 g/mol. The van der Waals surface area contributed by atoms with Gasteiger partial charge in [-0.2, -0.15) is 0 Å². The van der Waals surface area contributed by atoms with Crippen molar-refractivity contribution in [1.29, 1.82) is 5.41 Å². The summed E-state index contributed by atoms with van der Waals surface area (Å²) in [4.78, 5) is 12.4. The van der Waals surface area contributed by atoms with Gasteiger partial charge in [-0.1, -0.05) is 6.92 Å². The summed E-state index contributed by atoms with van der Waals surface area (Å²) in [5.74, 6) is 1.52. The van der Waals surface area contributed by atoms with Gasteiger partial charge >= 0.3 is 0 Å². The smallest absolute Gasteiger partial charge is 0.156 e. The van der Waals surface area contributed by atoms with E-state index in [-0.39, 0.29) is 5.84 Å². The molecule has 0 aliphatic rings. The normalized spacial score (nSPS) is 10.3. The third kappa shape index (κ3) is 1.77. The molecule has 2 rings (SSSR count). The summed E-state index contributed by atoms with van der Waals surface area (Å²) in [6.07, 6.45) is 7.44. The first-order valence-electron chi connectivity index (χ1n) is 4.91. The van der Waals surface area contributed by atoms with Crippen molar-refractivity contribution in [3.63, 3.8) is 0 Å². The molecule has 6 heteroatoms. The van der Waals surface area contributed by atoms with E-state index in [9.17, 15) is 0 Å². The Kier molecular flexibility index (Phi) is 2.63. The van der Waals surface area contributed by atoms with Crippen LogP contribution in [0.5, 0.6) is 0 Å². The number of nitrogens with one attached hydrogen (secondary N) is 1. The van der Waals surface area contributed by atoms with Crippen molar-refractivity contribution in [2.75, 3.05) is 0 Å². The van der Waals surface area contributed by atoms with E-state index in [2.05, 4.69) is 15.0 Å². The molecule has 0 atom stereocenters. The van der Waals surface area contributed by atoms with Crippen LogP contribution in [0, 0.1) is 5.41 Å². The van der Waals surface area contributed by atoms with Crippen molar-refractivity contribution in [2.45, 2.75) is 13.3 Å². The van der Waals surface area contributed by atoms with Crippen LogP contribution >= 0.6 is 0 Å². The quantitative estimate of drug-likeness (QED) is 0.577. The molecular weight excluding hydrogens is 204 g/mol. The number of aryl methyl sites for hydroxylation is 1. The van der Waals surface area contributed by atoms with E-state index < -0.39 is 0 Å². The molecule has 0 aliphatic carbocycles. The Morgan fingerprint density at radius 3 is 2.75 bits per heavy atom. The van der Waals surface area contributed by atoms with E-state index in [4.69, 9.17) is 11.1 Å². The fourth-order valence-electron chi connectivity index (χ4n) is 1.39. The molecule has 0 saturated heterocycles. The highest BCUT2D eigenvalue weighted by atomic mass is 15.1. The van der Waals surface area contributed by atoms with Crippen molar-refractivity contribution in [3.05, 3.63) is 36.3 Å². The minimum atomic E-state index is -0.0830. The van der Waals surface area contributed by atoms with Gasteiger partial charge in [-0.05, 0) is 0 Å². The molecule has 2 aromatic rings. The minimum absolute atomic E-state index is 0.0830. The van der Waals surface area contributed by atoms with Gasteiger partial charge in [-0.3, -0.25) is 9.98 Å². The predicted molar refractivity (Wildman–Crippen MR) is 59.5 cm³/mol. The van der Waals surface area contributed by atoms with Crippen LogP contribution in [0.25, 0.3) is 5.82 Å². The average Bonchev–Trinajstić information content (AvgIpc) is 2.77. The Morgan fingerprint density at radius 2 is 2.19 bits per heavy atom. The van der Waals surface area contributed by atoms with Gasteiger partial charge in [0.2, 0.25) is 0 Å². The molecule has 0 bridgehead atoms. The lowest BCUT2D eigenvalue weighted by Crippen LogP contribution is -2.14. The molecule has 0 unspecified atom stereocenters. The van der Waals surface area contributed by atoms with Gasteiger partial charge in [0.05, 0.1) is 12.4 Å². The molecule has 0 amide bonds. The van der Waals surface area contributed by atoms with E-state index in [0.29, 0.717) is 11.5 Å². The minimum Gasteiger partial charge on any atom is -0.382 e. The molecule has 0 saturated carbocycles. The van der Waals surface area contributed by atoms with Gasteiger partial charge in [0.15, 0.2) is 5.82 Å². The number of amidine groups is 1. The zero-order valence-electron chi connectivity index (χ0n) is 8.88. The highest BCUT2D eigenvalue weighted by Gasteiger charge is 2.05. The SMILES string of the molecule is CCc1nccn1-c1cnc(C(=N)N)cn1. The van der Waals surface area contributed by atoms with E-state index >= 15 is 0 Å². The summed E-state index contributed by atoms with van der Waals surface area (Å²) < 4.78 is 1.86. The fraction of sp³-hybridized carbons (Fsp3) is 0.200. The van der Waals surface area contributed by atoms with Crippen LogP contribution in [-0.2, 0) is 6.42 Å². The number of nitrogen functional groups attached to an aromatic ring is 1. The number of hydrogen-bond donors (Lipinski definition) is 2. The van der Waals surface area contributed by atoms with E-state index in [0.717, 1.165) is 12.2 Å². The first-order chi connectivity index (χ1) is 7.72. The standard InChI is InChI=1S/C10H12N6/c1-2-8-13-3-4-16(8)9-6-14-7(5-15-9)10(11)12/h3-6H,2H2,1H3,(H3,11,12). The number of imidazole rings is 1. The molecule has 2 heterocycles. The second-order valence-corrected chi connectivity index (χ2v) is 3.24. The highest BCUT2D eigenvalue weighted by Crippen LogP contribution is 2.07. The maximum Gasteiger partial charge on any atom is 0.156 e. The molecule has 0 radical (unpaired) electrons. The van der Waals surface area contributed by atoms with Crippen LogP contribution in [-0.4, -0.2) is 25.4 Å². The van der Waals surface area contributed by atoms with Gasteiger partial charge in [0.1, 0.15) is 17.4 Å². The molecule has 16 heavy (non-hydrogen) atoms. The first-order valence-corrected chi connectivity index (χ1v) is 4.91. The number of nitrogens with two attached hydrogens (primary N) is 1. The Labute approximate surface area is 92.7 Å². The number of hydrogen-bond acceptors (Lipinski definition) is 4. The molecule has 82 valence electrons.